The normalized spacial score (nSPS) is 17.7. The summed E-state index contributed by atoms with van der Waals surface area (Å²) in [5.74, 6) is -0.121. The van der Waals surface area contributed by atoms with Crippen molar-refractivity contribution in [3.8, 4) is 11.5 Å². The lowest BCUT2D eigenvalue weighted by Gasteiger charge is -2.42. The molecule has 1 N–H and O–H groups in total. The topological polar surface area (TPSA) is 84.9 Å². The first-order chi connectivity index (χ1) is 18.7. The molecular formula is C31H33ClN2O5. The number of hydrogen-bond donors (Lipinski definition) is 1. The minimum absolute atomic E-state index is 0.0662. The van der Waals surface area contributed by atoms with Gasteiger partial charge in [-0.05, 0) is 68.9 Å². The number of allylic oxidation sites excluding steroid dienone is 4. The van der Waals surface area contributed by atoms with Crippen LogP contribution in [0.5, 0.6) is 11.5 Å². The number of halogens is 1. The Labute approximate surface area is 233 Å². The number of rotatable bonds is 6. The summed E-state index contributed by atoms with van der Waals surface area (Å²) in [6, 6.07) is 9.29. The van der Waals surface area contributed by atoms with Crippen molar-refractivity contribution in [2.75, 3.05) is 26.1 Å². The Bertz CT molecular complexity index is 1400. The number of hydrogen-bond acceptors (Lipinski definition) is 6. The number of nitrogens with one attached hydrogen (secondary N) is 1. The molecule has 0 atom stereocenters. The largest absolute Gasteiger partial charge is 0.493 e. The first-order valence-electron chi connectivity index (χ1n) is 13.3. The monoisotopic (exact) mass is 548 g/mol. The Kier molecular flexibility index (Phi) is 7.54. The van der Waals surface area contributed by atoms with Crippen molar-refractivity contribution in [3.05, 3.63) is 74.6 Å². The average molecular weight is 549 g/mol. The Balaban J connectivity index is 1.47. The number of amides is 1. The van der Waals surface area contributed by atoms with Gasteiger partial charge in [0.1, 0.15) is 0 Å². The van der Waals surface area contributed by atoms with Crippen LogP contribution in [0, 0.1) is 13.8 Å². The molecule has 3 aliphatic rings. The molecule has 5 rings (SSSR count). The summed E-state index contributed by atoms with van der Waals surface area (Å²) in [7, 11) is 3.46. The molecule has 2 aromatic carbocycles. The molecule has 0 saturated carbocycles. The van der Waals surface area contributed by atoms with Gasteiger partial charge in [-0.15, -0.1) is 0 Å². The lowest BCUT2D eigenvalue weighted by molar-refractivity contribution is -0.118. The van der Waals surface area contributed by atoms with E-state index in [2.05, 4.69) is 10.2 Å². The predicted molar refractivity (Wildman–Crippen MR) is 150 cm³/mol. The third kappa shape index (κ3) is 5.08. The number of anilines is 1. The molecule has 1 heterocycles. The summed E-state index contributed by atoms with van der Waals surface area (Å²) in [5.41, 5.74) is 6.83. The zero-order valence-corrected chi connectivity index (χ0v) is 23.5. The standard InChI is InChI=1S/C31H33ClN2O5/c1-17-11-12-21(18(2)13-17)33-27(37)16-39-31-20(32)14-19(15-26(31)38-4)28-29-22(7-5-9-24(29)35)34(3)23-8-6-10-25(36)30(23)28/h11-15,28H,5-10,16H2,1-4H3,(H,33,37). The van der Waals surface area contributed by atoms with Crippen molar-refractivity contribution < 1.29 is 23.9 Å². The fraction of sp³-hybridized carbons (Fsp3) is 0.387. The molecule has 7 nitrogen and oxygen atoms in total. The van der Waals surface area contributed by atoms with Crippen LogP contribution in [0.1, 0.15) is 61.1 Å². The molecule has 2 aliphatic carbocycles. The molecular weight excluding hydrogens is 516 g/mol. The second-order valence-electron chi connectivity index (χ2n) is 10.5. The van der Waals surface area contributed by atoms with Crippen LogP contribution in [0.15, 0.2) is 52.9 Å². The van der Waals surface area contributed by atoms with Gasteiger partial charge >= 0.3 is 0 Å². The van der Waals surface area contributed by atoms with Crippen molar-refractivity contribution in [2.24, 2.45) is 0 Å². The Morgan fingerprint density at radius 3 is 2.23 bits per heavy atom. The maximum Gasteiger partial charge on any atom is 0.262 e. The van der Waals surface area contributed by atoms with Gasteiger partial charge in [0.05, 0.1) is 12.1 Å². The summed E-state index contributed by atoms with van der Waals surface area (Å²) < 4.78 is 11.5. The fourth-order valence-electron chi connectivity index (χ4n) is 6.01. The molecule has 0 aromatic heterocycles. The van der Waals surface area contributed by atoms with Crippen LogP contribution < -0.4 is 14.8 Å². The van der Waals surface area contributed by atoms with Gasteiger partial charge in [0, 0.05) is 54.0 Å². The second-order valence-corrected chi connectivity index (χ2v) is 10.9. The van der Waals surface area contributed by atoms with E-state index in [1.165, 1.54) is 7.11 Å². The highest BCUT2D eigenvalue weighted by Gasteiger charge is 2.42. The molecule has 0 spiro atoms. The van der Waals surface area contributed by atoms with Crippen LogP contribution in [0.4, 0.5) is 5.69 Å². The van der Waals surface area contributed by atoms with E-state index in [0.717, 1.165) is 48.2 Å². The van der Waals surface area contributed by atoms with E-state index in [1.807, 2.05) is 39.1 Å². The van der Waals surface area contributed by atoms with Gasteiger partial charge in [0.25, 0.3) is 5.91 Å². The molecule has 8 heteroatoms. The van der Waals surface area contributed by atoms with E-state index in [4.69, 9.17) is 21.1 Å². The van der Waals surface area contributed by atoms with Crippen molar-refractivity contribution in [1.29, 1.82) is 0 Å². The first kappa shape index (κ1) is 27.0. The molecule has 1 amide bonds. The van der Waals surface area contributed by atoms with Gasteiger partial charge < -0.3 is 19.7 Å². The molecule has 0 saturated heterocycles. The van der Waals surface area contributed by atoms with Crippen LogP contribution in [0.2, 0.25) is 5.02 Å². The van der Waals surface area contributed by atoms with Crippen molar-refractivity contribution in [3.63, 3.8) is 0 Å². The fourth-order valence-corrected chi connectivity index (χ4v) is 6.28. The third-order valence-corrected chi connectivity index (χ3v) is 8.11. The average Bonchev–Trinajstić information content (AvgIpc) is 2.90. The molecule has 0 radical (unpaired) electrons. The SMILES string of the molecule is COc1cc(C2C3=C(CCCC3=O)N(C)C3=C2C(=O)CCC3)cc(Cl)c1OCC(=O)Nc1ccc(C)cc1C. The van der Waals surface area contributed by atoms with Gasteiger partial charge in [-0.3, -0.25) is 14.4 Å². The van der Waals surface area contributed by atoms with Gasteiger partial charge in [0.15, 0.2) is 29.7 Å². The van der Waals surface area contributed by atoms with Crippen molar-refractivity contribution in [2.45, 2.75) is 58.3 Å². The first-order valence-corrected chi connectivity index (χ1v) is 13.7. The summed E-state index contributed by atoms with van der Waals surface area (Å²) >= 11 is 6.72. The van der Waals surface area contributed by atoms with Gasteiger partial charge in [-0.2, -0.15) is 0 Å². The molecule has 0 unspecified atom stereocenters. The van der Waals surface area contributed by atoms with Crippen LogP contribution in [-0.4, -0.2) is 43.1 Å². The summed E-state index contributed by atoms with van der Waals surface area (Å²) in [6.07, 6.45) is 4.10. The lowest BCUT2D eigenvalue weighted by atomic mass is 9.71. The van der Waals surface area contributed by atoms with E-state index < -0.39 is 5.92 Å². The van der Waals surface area contributed by atoms with Crippen LogP contribution in [-0.2, 0) is 14.4 Å². The summed E-state index contributed by atoms with van der Waals surface area (Å²) in [6.45, 7) is 3.66. The minimum atomic E-state index is -0.500. The van der Waals surface area contributed by atoms with E-state index in [1.54, 1.807) is 12.1 Å². The smallest absolute Gasteiger partial charge is 0.262 e. The third-order valence-electron chi connectivity index (χ3n) is 7.83. The quantitative estimate of drug-likeness (QED) is 0.475. The number of methoxy groups -OCH3 is 1. The number of benzene rings is 2. The number of carbonyl (C=O) groups excluding carboxylic acids is 3. The molecule has 0 fully saturated rings. The van der Waals surface area contributed by atoms with Gasteiger partial charge in [-0.25, -0.2) is 0 Å². The van der Waals surface area contributed by atoms with Crippen molar-refractivity contribution >= 4 is 34.8 Å². The molecule has 204 valence electrons. The number of nitrogens with zero attached hydrogens (tertiary/aromatic N) is 1. The molecule has 2 aromatic rings. The molecule has 1 aliphatic heterocycles. The zero-order valence-electron chi connectivity index (χ0n) is 22.8. The molecule has 39 heavy (non-hydrogen) atoms. The highest BCUT2D eigenvalue weighted by molar-refractivity contribution is 6.32. The lowest BCUT2D eigenvalue weighted by Crippen LogP contribution is -2.37. The van der Waals surface area contributed by atoms with Crippen LogP contribution >= 0.6 is 11.6 Å². The maximum absolute atomic E-state index is 13.3. The highest BCUT2D eigenvalue weighted by Crippen LogP contribution is 2.50. The predicted octanol–water partition coefficient (Wildman–Crippen LogP) is 6.03. The highest BCUT2D eigenvalue weighted by atomic mass is 35.5. The van der Waals surface area contributed by atoms with Crippen molar-refractivity contribution in [1.82, 2.24) is 4.90 Å². The van der Waals surface area contributed by atoms with E-state index in [0.29, 0.717) is 41.0 Å². The Morgan fingerprint density at radius 2 is 1.64 bits per heavy atom. The summed E-state index contributed by atoms with van der Waals surface area (Å²) in [4.78, 5) is 41.3. The Hall–Kier alpha value is -3.58. The van der Waals surface area contributed by atoms with E-state index in [-0.39, 0.29) is 34.9 Å². The van der Waals surface area contributed by atoms with Crippen LogP contribution in [0.25, 0.3) is 0 Å². The number of Topliss-reactive ketones (excluding diaryl/α,β-unsaturated/α-hetero) is 2. The number of aryl methyl sites for hydroxylation is 2. The van der Waals surface area contributed by atoms with Crippen LogP contribution in [0.3, 0.4) is 0 Å². The number of ketones is 2. The van der Waals surface area contributed by atoms with E-state index >= 15 is 0 Å². The number of ether oxygens (including phenoxy) is 2. The maximum atomic E-state index is 13.3. The minimum Gasteiger partial charge on any atom is -0.493 e. The second kappa shape index (κ2) is 10.9. The number of carbonyl (C=O) groups is 3. The summed E-state index contributed by atoms with van der Waals surface area (Å²) in [5, 5.41) is 3.11. The zero-order chi connectivity index (χ0) is 27.8. The van der Waals surface area contributed by atoms with Gasteiger partial charge in [-0.1, -0.05) is 29.3 Å². The Morgan fingerprint density at radius 1 is 1.00 bits per heavy atom. The van der Waals surface area contributed by atoms with Gasteiger partial charge in [0.2, 0.25) is 0 Å². The van der Waals surface area contributed by atoms with E-state index in [9.17, 15) is 14.4 Å². The molecule has 0 bridgehead atoms.